The maximum absolute atomic E-state index is 12.3. The molecule has 2 amide bonds. The molecule has 0 aromatic heterocycles. The number of likely N-dealkylation sites (tertiary alicyclic amines) is 1. The quantitative estimate of drug-likeness (QED) is 0.846. The van der Waals surface area contributed by atoms with Crippen LogP contribution in [0.25, 0.3) is 0 Å². The molecule has 0 radical (unpaired) electrons. The number of hydrogen-bond acceptors (Lipinski definition) is 3. The summed E-state index contributed by atoms with van der Waals surface area (Å²) in [4.78, 5) is 25.6. The van der Waals surface area contributed by atoms with Crippen LogP contribution < -0.4 is 5.32 Å². The Kier molecular flexibility index (Phi) is 3.50. The molecule has 0 bridgehead atoms. The first kappa shape index (κ1) is 13.9. The molecular weight excluding hydrogens is 344 g/mol. The first-order chi connectivity index (χ1) is 9.47. The lowest BCUT2D eigenvalue weighted by molar-refractivity contribution is -0.139. The Morgan fingerprint density at radius 3 is 2.70 bits per heavy atom. The smallest absolute Gasteiger partial charge is 0.252 e. The molecular formula is C14H14BrClN2O2. The van der Waals surface area contributed by atoms with Gasteiger partial charge in [-0.2, -0.15) is 0 Å². The number of nitrogens with zero attached hydrogens (tertiary/aromatic N) is 1. The van der Waals surface area contributed by atoms with Gasteiger partial charge in [-0.15, -0.1) is 0 Å². The molecule has 1 N–H and O–H groups in total. The van der Waals surface area contributed by atoms with E-state index < -0.39 is 6.04 Å². The van der Waals surface area contributed by atoms with Gasteiger partial charge in [0, 0.05) is 15.5 Å². The molecule has 1 saturated carbocycles. The Bertz CT molecular complexity index is 601. The standard InChI is InChI=1S/C14H14BrClN2O2/c1-7-4-9(15)11(5-10(7)16)17-12-6-13(19)18(14(12)20)8-2-3-8/h4-5,8,12,17H,2-3,6H2,1H3. The van der Waals surface area contributed by atoms with Gasteiger partial charge in [-0.05, 0) is 53.4 Å². The largest absolute Gasteiger partial charge is 0.372 e. The molecule has 1 aromatic rings. The minimum atomic E-state index is -0.488. The lowest BCUT2D eigenvalue weighted by Crippen LogP contribution is -2.36. The summed E-state index contributed by atoms with van der Waals surface area (Å²) < 4.78 is 0.838. The van der Waals surface area contributed by atoms with Gasteiger partial charge in [0.15, 0.2) is 0 Å². The highest BCUT2D eigenvalue weighted by Gasteiger charge is 2.46. The molecule has 4 nitrogen and oxygen atoms in total. The minimum Gasteiger partial charge on any atom is -0.372 e. The highest BCUT2D eigenvalue weighted by atomic mass is 79.9. The molecule has 1 unspecified atom stereocenters. The fraction of sp³-hybridized carbons (Fsp3) is 0.429. The predicted octanol–water partition coefficient (Wildman–Crippen LogP) is 3.11. The molecule has 1 aliphatic carbocycles. The number of carbonyl (C=O) groups excluding carboxylic acids is 2. The highest BCUT2D eigenvalue weighted by Crippen LogP contribution is 2.34. The van der Waals surface area contributed by atoms with E-state index in [0.29, 0.717) is 5.02 Å². The summed E-state index contributed by atoms with van der Waals surface area (Å²) in [6.45, 7) is 1.91. The zero-order chi connectivity index (χ0) is 14.4. The molecule has 6 heteroatoms. The fourth-order valence-corrected chi connectivity index (χ4v) is 3.16. The van der Waals surface area contributed by atoms with E-state index in [0.717, 1.165) is 28.6 Å². The summed E-state index contributed by atoms with van der Waals surface area (Å²) in [6.07, 6.45) is 2.09. The van der Waals surface area contributed by atoms with Crippen LogP contribution in [0.5, 0.6) is 0 Å². The van der Waals surface area contributed by atoms with Crippen LogP contribution in [0.2, 0.25) is 5.02 Å². The Labute approximate surface area is 130 Å². The van der Waals surface area contributed by atoms with Gasteiger partial charge in [-0.1, -0.05) is 11.6 Å². The van der Waals surface area contributed by atoms with Crippen LogP contribution >= 0.6 is 27.5 Å². The molecule has 1 saturated heterocycles. The number of imide groups is 1. The molecule has 2 fully saturated rings. The summed E-state index contributed by atoms with van der Waals surface area (Å²) in [6, 6.07) is 3.31. The van der Waals surface area contributed by atoms with Crippen molar-refractivity contribution in [2.45, 2.75) is 38.3 Å². The second-order valence-corrected chi connectivity index (χ2v) is 6.58. The van der Waals surface area contributed by atoms with Crippen molar-refractivity contribution in [1.82, 2.24) is 4.90 Å². The Morgan fingerprint density at radius 2 is 2.05 bits per heavy atom. The second kappa shape index (κ2) is 5.04. The molecule has 1 aliphatic heterocycles. The first-order valence-corrected chi connectivity index (χ1v) is 7.72. The molecule has 20 heavy (non-hydrogen) atoms. The average Bonchev–Trinajstić information content (AvgIpc) is 3.15. The minimum absolute atomic E-state index is 0.0793. The van der Waals surface area contributed by atoms with E-state index >= 15 is 0 Å². The van der Waals surface area contributed by atoms with Gasteiger partial charge in [-0.25, -0.2) is 0 Å². The molecule has 2 aliphatic rings. The molecule has 1 heterocycles. The van der Waals surface area contributed by atoms with Gasteiger partial charge in [0.25, 0.3) is 5.91 Å². The van der Waals surface area contributed by atoms with Crippen molar-refractivity contribution in [1.29, 1.82) is 0 Å². The van der Waals surface area contributed by atoms with E-state index in [1.165, 1.54) is 4.90 Å². The third-order valence-electron chi connectivity index (χ3n) is 3.67. The van der Waals surface area contributed by atoms with E-state index in [-0.39, 0.29) is 24.3 Å². The van der Waals surface area contributed by atoms with E-state index in [1.807, 2.05) is 13.0 Å². The van der Waals surface area contributed by atoms with Crippen molar-refractivity contribution in [2.24, 2.45) is 0 Å². The lowest BCUT2D eigenvalue weighted by atomic mass is 10.2. The third kappa shape index (κ3) is 2.44. The van der Waals surface area contributed by atoms with Gasteiger partial charge in [0.1, 0.15) is 6.04 Å². The summed E-state index contributed by atoms with van der Waals surface area (Å²) in [5.74, 6) is -0.203. The van der Waals surface area contributed by atoms with Crippen molar-refractivity contribution in [3.8, 4) is 0 Å². The summed E-state index contributed by atoms with van der Waals surface area (Å²) in [5, 5.41) is 3.76. The molecule has 1 aromatic carbocycles. The molecule has 3 rings (SSSR count). The van der Waals surface area contributed by atoms with Crippen LogP contribution in [0.15, 0.2) is 16.6 Å². The van der Waals surface area contributed by atoms with Gasteiger partial charge >= 0.3 is 0 Å². The topological polar surface area (TPSA) is 49.4 Å². The summed E-state index contributed by atoms with van der Waals surface area (Å²) >= 11 is 9.55. The number of halogens is 2. The number of carbonyl (C=O) groups is 2. The number of nitrogens with one attached hydrogen (secondary N) is 1. The SMILES string of the molecule is Cc1cc(Br)c(NC2CC(=O)N(C3CC3)C2=O)cc1Cl. The lowest BCUT2D eigenvalue weighted by Gasteiger charge is -2.16. The molecule has 1 atom stereocenters. The average molecular weight is 358 g/mol. The van der Waals surface area contributed by atoms with Crippen LogP contribution in [0, 0.1) is 6.92 Å². The second-order valence-electron chi connectivity index (χ2n) is 5.32. The van der Waals surface area contributed by atoms with Crippen LogP contribution in [0.1, 0.15) is 24.8 Å². The number of hydrogen-bond donors (Lipinski definition) is 1. The van der Waals surface area contributed by atoms with Gasteiger partial charge in [-0.3, -0.25) is 14.5 Å². The molecule has 106 valence electrons. The van der Waals surface area contributed by atoms with Crippen molar-refractivity contribution in [3.63, 3.8) is 0 Å². The highest BCUT2D eigenvalue weighted by molar-refractivity contribution is 9.10. The number of amides is 2. The normalized spacial score (nSPS) is 22.6. The van der Waals surface area contributed by atoms with Gasteiger partial charge in [0.2, 0.25) is 5.91 Å². The fourth-order valence-electron chi connectivity index (χ4n) is 2.42. The van der Waals surface area contributed by atoms with Crippen LogP contribution in [0.3, 0.4) is 0 Å². The van der Waals surface area contributed by atoms with E-state index in [2.05, 4.69) is 21.2 Å². The molecule has 0 spiro atoms. The maximum atomic E-state index is 12.3. The first-order valence-electron chi connectivity index (χ1n) is 6.55. The zero-order valence-corrected chi connectivity index (χ0v) is 13.3. The van der Waals surface area contributed by atoms with E-state index in [9.17, 15) is 9.59 Å². The summed E-state index contributed by atoms with van der Waals surface area (Å²) in [5.41, 5.74) is 1.70. The third-order valence-corrected chi connectivity index (χ3v) is 4.74. The van der Waals surface area contributed by atoms with E-state index in [4.69, 9.17) is 11.6 Å². The van der Waals surface area contributed by atoms with Crippen molar-refractivity contribution in [2.75, 3.05) is 5.32 Å². The monoisotopic (exact) mass is 356 g/mol. The van der Waals surface area contributed by atoms with E-state index in [1.54, 1.807) is 6.07 Å². The van der Waals surface area contributed by atoms with Crippen LogP contribution in [0.4, 0.5) is 5.69 Å². The predicted molar refractivity (Wildman–Crippen MR) is 80.8 cm³/mol. The number of benzene rings is 1. The van der Waals surface area contributed by atoms with Crippen molar-refractivity contribution < 1.29 is 9.59 Å². The maximum Gasteiger partial charge on any atom is 0.252 e. The zero-order valence-electron chi connectivity index (χ0n) is 11.0. The van der Waals surface area contributed by atoms with Crippen LogP contribution in [-0.4, -0.2) is 28.8 Å². The Hall–Kier alpha value is -1.07. The Balaban J connectivity index is 1.80. The van der Waals surface area contributed by atoms with Gasteiger partial charge in [0.05, 0.1) is 12.1 Å². The van der Waals surface area contributed by atoms with Gasteiger partial charge < -0.3 is 5.32 Å². The number of rotatable bonds is 3. The number of aryl methyl sites for hydroxylation is 1. The van der Waals surface area contributed by atoms with Crippen LogP contribution in [-0.2, 0) is 9.59 Å². The number of anilines is 1. The van der Waals surface area contributed by atoms with Crippen molar-refractivity contribution >= 4 is 45.0 Å². The van der Waals surface area contributed by atoms with Crippen molar-refractivity contribution in [3.05, 3.63) is 27.2 Å². The Morgan fingerprint density at radius 1 is 1.35 bits per heavy atom. The summed E-state index contributed by atoms with van der Waals surface area (Å²) in [7, 11) is 0.